The van der Waals surface area contributed by atoms with Crippen molar-refractivity contribution in [1.82, 2.24) is 10.3 Å². The molecule has 6 nitrogen and oxygen atoms in total. The molecule has 0 aliphatic carbocycles. The molecule has 6 heteroatoms. The number of amides is 1. The topological polar surface area (TPSA) is 80.7 Å². The second kappa shape index (κ2) is 5.27. The molecule has 1 atom stereocenters. The Morgan fingerprint density at radius 1 is 1.38 bits per heavy atom. The number of pyridine rings is 1. The zero-order valence-electron chi connectivity index (χ0n) is 12.9. The molecule has 1 aromatic heterocycles. The number of aromatic nitrogens is 1. The zero-order valence-corrected chi connectivity index (χ0v) is 12.9. The maximum Gasteiger partial charge on any atom is 0.340 e. The highest BCUT2D eigenvalue weighted by Crippen LogP contribution is 2.27. The van der Waals surface area contributed by atoms with Gasteiger partial charge in [-0.3, -0.25) is 4.79 Å². The maximum atomic E-state index is 12.2. The highest BCUT2D eigenvalue weighted by atomic mass is 16.5. The molecule has 0 spiro atoms. The van der Waals surface area contributed by atoms with Crippen LogP contribution in [0.1, 0.15) is 42.5 Å². The summed E-state index contributed by atoms with van der Waals surface area (Å²) in [4.78, 5) is 32.8. The minimum atomic E-state index is -0.853. The highest BCUT2D eigenvalue weighted by molar-refractivity contribution is 6.17. The monoisotopic (exact) mass is 289 g/mol. The van der Waals surface area contributed by atoms with Gasteiger partial charge >= 0.3 is 5.97 Å². The van der Waals surface area contributed by atoms with Crippen molar-refractivity contribution in [3.8, 4) is 0 Å². The first-order valence-corrected chi connectivity index (χ1v) is 6.77. The van der Waals surface area contributed by atoms with Crippen molar-refractivity contribution in [2.45, 2.75) is 33.2 Å². The van der Waals surface area contributed by atoms with Crippen molar-refractivity contribution in [1.29, 1.82) is 0 Å². The van der Waals surface area contributed by atoms with Crippen LogP contribution in [0.4, 0.5) is 0 Å². The number of carbonyl (C=O) groups excluding carboxylic acids is 2. The number of methoxy groups -OCH3 is 1. The Balaban J connectivity index is 2.55. The van der Waals surface area contributed by atoms with Crippen LogP contribution in [-0.2, 0) is 9.53 Å². The van der Waals surface area contributed by atoms with E-state index in [1.807, 2.05) is 20.8 Å². The lowest BCUT2D eigenvalue weighted by atomic mass is 9.89. The number of rotatable bonds is 3. The Bertz CT molecular complexity index is 637. The Kier molecular flexibility index (Phi) is 3.80. The molecular formula is C15H19N3O3. The summed E-state index contributed by atoms with van der Waals surface area (Å²) in [7, 11) is 1.30. The Morgan fingerprint density at radius 2 is 2.05 bits per heavy atom. The SMILES string of the molecule is COC(=O)c1ccc(C)nc1C1=NC(C)(C(C)C)C(=O)N1. The molecule has 0 saturated carbocycles. The van der Waals surface area contributed by atoms with Crippen LogP contribution in [0.5, 0.6) is 0 Å². The van der Waals surface area contributed by atoms with E-state index in [1.165, 1.54) is 7.11 Å². The Hall–Kier alpha value is -2.24. The molecule has 0 bridgehead atoms. The van der Waals surface area contributed by atoms with Gasteiger partial charge in [0.15, 0.2) is 5.84 Å². The molecule has 1 amide bonds. The first-order valence-electron chi connectivity index (χ1n) is 6.77. The van der Waals surface area contributed by atoms with Gasteiger partial charge in [0, 0.05) is 5.69 Å². The summed E-state index contributed by atoms with van der Waals surface area (Å²) in [5, 5.41) is 2.73. The Morgan fingerprint density at radius 3 is 2.57 bits per heavy atom. The maximum absolute atomic E-state index is 12.2. The fourth-order valence-corrected chi connectivity index (χ4v) is 2.06. The summed E-state index contributed by atoms with van der Waals surface area (Å²) >= 11 is 0. The minimum absolute atomic E-state index is 0.0291. The molecule has 1 unspecified atom stereocenters. The van der Waals surface area contributed by atoms with Gasteiger partial charge in [0.05, 0.1) is 12.7 Å². The Labute approximate surface area is 123 Å². The van der Waals surface area contributed by atoms with E-state index in [0.717, 1.165) is 5.69 Å². The molecule has 0 aromatic carbocycles. The predicted octanol–water partition coefficient (Wildman–Crippen LogP) is 1.47. The highest BCUT2D eigenvalue weighted by Gasteiger charge is 2.43. The van der Waals surface area contributed by atoms with E-state index in [4.69, 9.17) is 4.74 Å². The average Bonchev–Trinajstić information content (AvgIpc) is 2.75. The quantitative estimate of drug-likeness (QED) is 0.854. The molecule has 1 aliphatic rings. The van der Waals surface area contributed by atoms with Crippen LogP contribution < -0.4 is 5.32 Å². The van der Waals surface area contributed by atoms with Crippen molar-refractivity contribution in [2.24, 2.45) is 10.9 Å². The second-order valence-electron chi connectivity index (χ2n) is 5.56. The lowest BCUT2D eigenvalue weighted by molar-refractivity contribution is -0.124. The zero-order chi connectivity index (χ0) is 15.8. The van der Waals surface area contributed by atoms with E-state index < -0.39 is 11.5 Å². The van der Waals surface area contributed by atoms with Crippen LogP contribution in [-0.4, -0.2) is 35.3 Å². The molecule has 1 N–H and O–H groups in total. The molecule has 0 fully saturated rings. The van der Waals surface area contributed by atoms with Gasteiger partial charge < -0.3 is 10.1 Å². The number of esters is 1. The van der Waals surface area contributed by atoms with E-state index >= 15 is 0 Å². The van der Waals surface area contributed by atoms with Crippen LogP contribution in [0.2, 0.25) is 0 Å². The number of amidine groups is 1. The summed E-state index contributed by atoms with van der Waals surface area (Å²) in [6.07, 6.45) is 0. The van der Waals surface area contributed by atoms with Gasteiger partial charge in [-0.25, -0.2) is 14.8 Å². The number of nitrogens with one attached hydrogen (secondary N) is 1. The summed E-state index contributed by atoms with van der Waals surface area (Å²) in [6, 6.07) is 3.35. The third-order valence-electron chi connectivity index (χ3n) is 3.82. The predicted molar refractivity (Wildman–Crippen MR) is 78.2 cm³/mol. The molecule has 2 heterocycles. The summed E-state index contributed by atoms with van der Waals surface area (Å²) in [5.41, 5.74) is 0.510. The number of aliphatic imine (C=N–C) groups is 1. The fraction of sp³-hybridized carbons (Fsp3) is 0.467. The summed E-state index contributed by atoms with van der Waals surface area (Å²) in [6.45, 7) is 7.44. The standard InChI is InChI=1S/C15H19N3O3/c1-8(2)15(4)14(20)17-12(18-15)11-10(13(19)21-5)7-6-9(3)16-11/h6-8H,1-5H3,(H,17,18,20). The second-order valence-corrected chi connectivity index (χ2v) is 5.56. The van der Waals surface area contributed by atoms with Gasteiger partial charge in [-0.15, -0.1) is 0 Å². The molecular weight excluding hydrogens is 270 g/mol. The normalized spacial score (nSPS) is 21.2. The number of hydrogen-bond acceptors (Lipinski definition) is 5. The largest absolute Gasteiger partial charge is 0.465 e. The van der Waals surface area contributed by atoms with Crippen molar-refractivity contribution in [3.05, 3.63) is 29.1 Å². The van der Waals surface area contributed by atoms with Gasteiger partial charge in [0.25, 0.3) is 5.91 Å². The van der Waals surface area contributed by atoms with Gasteiger partial charge in [0.2, 0.25) is 0 Å². The van der Waals surface area contributed by atoms with Crippen LogP contribution in [0, 0.1) is 12.8 Å². The summed E-state index contributed by atoms with van der Waals surface area (Å²) < 4.78 is 4.76. The van der Waals surface area contributed by atoms with Crippen molar-refractivity contribution in [2.75, 3.05) is 7.11 Å². The molecule has 2 rings (SSSR count). The number of nitrogens with zero attached hydrogens (tertiary/aromatic N) is 2. The van der Waals surface area contributed by atoms with Gasteiger partial charge in [-0.05, 0) is 31.9 Å². The average molecular weight is 289 g/mol. The van der Waals surface area contributed by atoms with E-state index in [-0.39, 0.29) is 17.4 Å². The fourth-order valence-electron chi connectivity index (χ4n) is 2.06. The summed E-state index contributed by atoms with van der Waals surface area (Å²) in [5.74, 6) is -0.346. The van der Waals surface area contributed by atoms with Gasteiger partial charge in [-0.2, -0.15) is 0 Å². The molecule has 0 saturated heterocycles. The third-order valence-corrected chi connectivity index (χ3v) is 3.82. The number of ether oxygens (including phenoxy) is 1. The van der Waals surface area contributed by atoms with Gasteiger partial charge in [0.1, 0.15) is 11.2 Å². The van der Waals surface area contributed by atoms with E-state index in [0.29, 0.717) is 11.5 Å². The van der Waals surface area contributed by atoms with E-state index in [1.54, 1.807) is 19.1 Å². The molecule has 0 radical (unpaired) electrons. The third kappa shape index (κ3) is 2.53. The molecule has 21 heavy (non-hydrogen) atoms. The number of aryl methyl sites for hydroxylation is 1. The molecule has 112 valence electrons. The van der Waals surface area contributed by atoms with Crippen LogP contribution in [0.15, 0.2) is 17.1 Å². The van der Waals surface area contributed by atoms with Crippen LogP contribution >= 0.6 is 0 Å². The van der Waals surface area contributed by atoms with E-state index in [9.17, 15) is 9.59 Å². The smallest absolute Gasteiger partial charge is 0.340 e. The van der Waals surface area contributed by atoms with Crippen molar-refractivity contribution in [3.63, 3.8) is 0 Å². The first-order chi connectivity index (χ1) is 9.79. The first kappa shape index (κ1) is 15.2. The van der Waals surface area contributed by atoms with Crippen molar-refractivity contribution >= 4 is 17.7 Å². The number of hydrogen-bond donors (Lipinski definition) is 1. The van der Waals surface area contributed by atoms with Gasteiger partial charge in [-0.1, -0.05) is 13.8 Å². The van der Waals surface area contributed by atoms with Crippen LogP contribution in [0.25, 0.3) is 0 Å². The lowest BCUT2D eigenvalue weighted by Crippen LogP contribution is -2.41. The number of carbonyl (C=O) groups is 2. The molecule has 1 aromatic rings. The minimum Gasteiger partial charge on any atom is -0.465 e. The molecule has 1 aliphatic heterocycles. The van der Waals surface area contributed by atoms with E-state index in [2.05, 4.69) is 15.3 Å². The lowest BCUT2D eigenvalue weighted by Gasteiger charge is -2.21. The van der Waals surface area contributed by atoms with Crippen LogP contribution in [0.3, 0.4) is 0 Å². The van der Waals surface area contributed by atoms with Crippen molar-refractivity contribution < 1.29 is 14.3 Å².